The minimum Gasteiger partial charge on any atom is -0.494 e. The van der Waals surface area contributed by atoms with Crippen LogP contribution in [0.4, 0.5) is 11.4 Å². The largest absolute Gasteiger partial charge is 0.494 e. The molecule has 8 heteroatoms. The van der Waals surface area contributed by atoms with Crippen LogP contribution < -0.4 is 15.0 Å². The maximum atomic E-state index is 12.7. The Hall–Kier alpha value is -2.44. The number of benzene rings is 2. The number of carbonyl (C=O) groups excluding carboxylic acids is 2. The first-order valence-electron chi connectivity index (χ1n) is 10.1. The van der Waals surface area contributed by atoms with Crippen LogP contribution in [-0.4, -0.2) is 50.0 Å². The SMILES string of the molecule is COc1c(Cl)cc(Cl)cc1C(=O)Nc1ccc(N2CCN(C(=O)C(C)(C)C)CC2)cc1. The summed E-state index contributed by atoms with van der Waals surface area (Å²) in [5.74, 6) is 0.105. The van der Waals surface area contributed by atoms with Gasteiger partial charge in [0.05, 0.1) is 17.7 Å². The lowest BCUT2D eigenvalue weighted by Gasteiger charge is -2.38. The maximum Gasteiger partial charge on any atom is 0.259 e. The van der Waals surface area contributed by atoms with E-state index in [1.807, 2.05) is 49.9 Å². The summed E-state index contributed by atoms with van der Waals surface area (Å²) in [6, 6.07) is 10.7. The minimum atomic E-state index is -0.363. The number of hydrogen-bond acceptors (Lipinski definition) is 4. The van der Waals surface area contributed by atoms with Gasteiger partial charge in [0.1, 0.15) is 5.75 Å². The Kier molecular flexibility index (Phi) is 7.02. The van der Waals surface area contributed by atoms with E-state index in [-0.39, 0.29) is 33.6 Å². The fraction of sp³-hybridized carbons (Fsp3) is 0.391. The number of ether oxygens (including phenoxy) is 1. The zero-order valence-corrected chi connectivity index (χ0v) is 19.7. The van der Waals surface area contributed by atoms with E-state index in [0.29, 0.717) is 23.8 Å². The zero-order chi connectivity index (χ0) is 22.8. The van der Waals surface area contributed by atoms with Gasteiger partial charge in [0.2, 0.25) is 5.91 Å². The quantitative estimate of drug-likeness (QED) is 0.696. The lowest BCUT2D eigenvalue weighted by molar-refractivity contribution is -0.139. The molecule has 0 aliphatic carbocycles. The van der Waals surface area contributed by atoms with Crippen molar-refractivity contribution in [2.24, 2.45) is 5.41 Å². The molecule has 1 fully saturated rings. The number of anilines is 2. The van der Waals surface area contributed by atoms with Crippen LogP contribution in [0.2, 0.25) is 10.0 Å². The summed E-state index contributed by atoms with van der Waals surface area (Å²) < 4.78 is 5.25. The van der Waals surface area contributed by atoms with Gasteiger partial charge in [0, 0.05) is 48.0 Å². The van der Waals surface area contributed by atoms with Crippen molar-refractivity contribution >= 4 is 46.4 Å². The normalized spacial score (nSPS) is 14.4. The van der Waals surface area contributed by atoms with Crippen molar-refractivity contribution in [3.63, 3.8) is 0 Å². The van der Waals surface area contributed by atoms with Crippen LogP contribution in [0.1, 0.15) is 31.1 Å². The third kappa shape index (κ3) is 5.43. The van der Waals surface area contributed by atoms with Gasteiger partial charge in [0.25, 0.3) is 5.91 Å². The lowest BCUT2D eigenvalue weighted by Crippen LogP contribution is -2.51. The molecule has 0 unspecified atom stereocenters. The molecule has 6 nitrogen and oxygen atoms in total. The molecule has 1 N–H and O–H groups in total. The first-order chi connectivity index (χ1) is 14.6. The maximum absolute atomic E-state index is 12.7. The number of nitrogens with zero attached hydrogens (tertiary/aromatic N) is 2. The van der Waals surface area contributed by atoms with Crippen LogP contribution in [0, 0.1) is 5.41 Å². The zero-order valence-electron chi connectivity index (χ0n) is 18.2. The van der Waals surface area contributed by atoms with Crippen molar-refractivity contribution in [1.29, 1.82) is 0 Å². The summed E-state index contributed by atoms with van der Waals surface area (Å²) in [6.07, 6.45) is 0. The summed E-state index contributed by atoms with van der Waals surface area (Å²) in [5.41, 5.74) is 1.60. The molecule has 1 aliphatic rings. The van der Waals surface area contributed by atoms with E-state index in [4.69, 9.17) is 27.9 Å². The summed E-state index contributed by atoms with van der Waals surface area (Å²) in [4.78, 5) is 29.3. The van der Waals surface area contributed by atoms with E-state index in [2.05, 4.69) is 10.2 Å². The highest BCUT2D eigenvalue weighted by Gasteiger charge is 2.29. The summed E-state index contributed by atoms with van der Waals surface area (Å²) >= 11 is 12.2. The number of nitrogens with one attached hydrogen (secondary N) is 1. The Labute approximate surface area is 193 Å². The van der Waals surface area contributed by atoms with Crippen LogP contribution in [0.25, 0.3) is 0 Å². The van der Waals surface area contributed by atoms with Gasteiger partial charge in [-0.2, -0.15) is 0 Å². The van der Waals surface area contributed by atoms with Gasteiger partial charge >= 0.3 is 0 Å². The van der Waals surface area contributed by atoms with Crippen molar-refractivity contribution in [3.05, 3.63) is 52.0 Å². The molecule has 0 atom stereocenters. The van der Waals surface area contributed by atoms with E-state index in [0.717, 1.165) is 18.8 Å². The molecule has 2 aromatic rings. The van der Waals surface area contributed by atoms with E-state index >= 15 is 0 Å². The van der Waals surface area contributed by atoms with Crippen LogP contribution in [0.15, 0.2) is 36.4 Å². The van der Waals surface area contributed by atoms with E-state index in [1.165, 1.54) is 19.2 Å². The second-order valence-corrected chi connectivity index (χ2v) is 9.34. The van der Waals surface area contributed by atoms with Crippen molar-refractivity contribution in [2.45, 2.75) is 20.8 Å². The van der Waals surface area contributed by atoms with Crippen LogP contribution in [0.5, 0.6) is 5.75 Å². The molecule has 0 bridgehead atoms. The fourth-order valence-corrected chi connectivity index (χ4v) is 4.10. The van der Waals surface area contributed by atoms with Gasteiger partial charge in [-0.1, -0.05) is 44.0 Å². The summed E-state index contributed by atoms with van der Waals surface area (Å²) in [5, 5.41) is 3.48. The number of rotatable bonds is 4. The van der Waals surface area contributed by atoms with Crippen molar-refractivity contribution in [2.75, 3.05) is 43.5 Å². The molecule has 1 heterocycles. The molecule has 0 aromatic heterocycles. The van der Waals surface area contributed by atoms with Gasteiger partial charge in [-0.25, -0.2) is 0 Å². The molecule has 0 spiro atoms. The van der Waals surface area contributed by atoms with E-state index in [9.17, 15) is 9.59 Å². The second kappa shape index (κ2) is 9.37. The highest BCUT2D eigenvalue weighted by Crippen LogP contribution is 2.33. The van der Waals surface area contributed by atoms with Crippen molar-refractivity contribution < 1.29 is 14.3 Å². The molecule has 2 aromatic carbocycles. The molecule has 0 saturated carbocycles. The number of piperazine rings is 1. The molecular formula is C23H27Cl2N3O3. The average Bonchev–Trinajstić information content (AvgIpc) is 2.72. The van der Waals surface area contributed by atoms with Gasteiger partial charge in [-0.3, -0.25) is 9.59 Å². The monoisotopic (exact) mass is 463 g/mol. The first kappa shape index (κ1) is 23.2. The third-order valence-corrected chi connectivity index (χ3v) is 5.65. The highest BCUT2D eigenvalue weighted by atomic mass is 35.5. The van der Waals surface area contributed by atoms with Crippen LogP contribution >= 0.6 is 23.2 Å². The van der Waals surface area contributed by atoms with Gasteiger partial charge < -0.3 is 19.9 Å². The van der Waals surface area contributed by atoms with Gasteiger partial charge in [-0.05, 0) is 36.4 Å². The lowest BCUT2D eigenvalue weighted by atomic mass is 9.94. The Balaban J connectivity index is 1.64. The number of methoxy groups -OCH3 is 1. The molecular weight excluding hydrogens is 437 g/mol. The summed E-state index contributed by atoms with van der Waals surface area (Å²) in [6.45, 7) is 8.77. The Bertz CT molecular complexity index is 963. The molecule has 31 heavy (non-hydrogen) atoms. The Morgan fingerprint density at radius 1 is 1.00 bits per heavy atom. The standard InChI is InChI=1S/C23H27Cl2N3O3/c1-23(2,3)22(30)28-11-9-27(10-12-28)17-7-5-16(6-8-17)26-21(29)18-13-15(24)14-19(25)20(18)31-4/h5-8,13-14H,9-12H2,1-4H3,(H,26,29). The van der Waals surface area contributed by atoms with Crippen LogP contribution in [-0.2, 0) is 4.79 Å². The Morgan fingerprint density at radius 3 is 2.16 bits per heavy atom. The summed E-state index contributed by atoms with van der Waals surface area (Å²) in [7, 11) is 1.45. The predicted molar refractivity (Wildman–Crippen MR) is 126 cm³/mol. The van der Waals surface area contributed by atoms with Gasteiger partial charge in [0.15, 0.2) is 0 Å². The minimum absolute atomic E-state index is 0.182. The topological polar surface area (TPSA) is 61.9 Å². The van der Waals surface area contributed by atoms with Crippen molar-refractivity contribution in [3.8, 4) is 5.75 Å². The Morgan fingerprint density at radius 2 is 1.61 bits per heavy atom. The fourth-order valence-electron chi connectivity index (χ4n) is 3.53. The molecule has 166 valence electrons. The number of hydrogen-bond donors (Lipinski definition) is 1. The highest BCUT2D eigenvalue weighted by molar-refractivity contribution is 6.36. The van der Waals surface area contributed by atoms with Crippen molar-refractivity contribution in [1.82, 2.24) is 4.90 Å². The predicted octanol–water partition coefficient (Wildman–Crippen LogP) is 4.95. The van der Waals surface area contributed by atoms with Gasteiger partial charge in [-0.15, -0.1) is 0 Å². The third-order valence-electron chi connectivity index (χ3n) is 5.16. The van der Waals surface area contributed by atoms with E-state index < -0.39 is 0 Å². The molecule has 1 aliphatic heterocycles. The molecule has 0 radical (unpaired) electrons. The molecule has 2 amide bonds. The second-order valence-electron chi connectivity index (χ2n) is 8.50. The average molecular weight is 464 g/mol. The smallest absolute Gasteiger partial charge is 0.259 e. The number of carbonyl (C=O) groups is 2. The first-order valence-corrected chi connectivity index (χ1v) is 10.8. The number of amides is 2. The van der Waals surface area contributed by atoms with Crippen LogP contribution in [0.3, 0.4) is 0 Å². The number of halogens is 2. The molecule has 3 rings (SSSR count). The van der Waals surface area contributed by atoms with E-state index in [1.54, 1.807) is 0 Å². The molecule has 1 saturated heterocycles.